The van der Waals surface area contributed by atoms with E-state index in [0.29, 0.717) is 17.3 Å². The van der Waals surface area contributed by atoms with Crippen LogP contribution in [-0.2, 0) is 6.54 Å². The number of rotatable bonds is 2. The first kappa shape index (κ1) is 12.8. The van der Waals surface area contributed by atoms with Gasteiger partial charge in [-0.15, -0.1) is 0 Å². The summed E-state index contributed by atoms with van der Waals surface area (Å²) in [5, 5.41) is 5.45. The Morgan fingerprint density at radius 2 is 2.05 bits per heavy atom. The molecule has 4 rings (SSSR count). The third-order valence-corrected chi connectivity index (χ3v) is 4.29. The maximum Gasteiger partial charge on any atom is 0.231 e. The minimum absolute atomic E-state index is 0.249. The molecular formula is C13H8BrClN4O2. The zero-order valence-electron chi connectivity index (χ0n) is 10.6. The van der Waals surface area contributed by atoms with Crippen LogP contribution in [0.4, 0.5) is 0 Å². The Balaban J connectivity index is 1.77. The fraction of sp³-hybridized carbons (Fsp3) is 0.154. The Labute approximate surface area is 132 Å². The highest BCUT2D eigenvalue weighted by Crippen LogP contribution is 2.37. The molecule has 8 heteroatoms. The number of aromatic nitrogens is 4. The fourth-order valence-corrected chi connectivity index (χ4v) is 2.85. The van der Waals surface area contributed by atoms with E-state index in [-0.39, 0.29) is 6.79 Å². The average molecular weight is 368 g/mol. The van der Waals surface area contributed by atoms with Gasteiger partial charge in [-0.3, -0.25) is 0 Å². The second-order valence-corrected chi connectivity index (χ2v) is 5.71. The molecule has 0 amide bonds. The molecule has 0 N–H and O–H groups in total. The SMILES string of the molecule is Clc1ncnc2c1cnn2Cc1cc2c(cc1Br)OCO2. The molecule has 3 heterocycles. The number of hydrogen-bond donors (Lipinski definition) is 0. The van der Waals surface area contributed by atoms with Crippen LogP contribution in [0.1, 0.15) is 5.56 Å². The number of ether oxygens (including phenoxy) is 2. The van der Waals surface area contributed by atoms with Gasteiger partial charge in [0.25, 0.3) is 0 Å². The summed E-state index contributed by atoms with van der Waals surface area (Å²) < 4.78 is 13.4. The van der Waals surface area contributed by atoms with Gasteiger partial charge in [0.05, 0.1) is 18.1 Å². The van der Waals surface area contributed by atoms with Gasteiger partial charge >= 0.3 is 0 Å². The molecule has 1 aliphatic heterocycles. The summed E-state index contributed by atoms with van der Waals surface area (Å²) in [6, 6.07) is 3.83. The number of nitrogens with zero attached hydrogens (tertiary/aromatic N) is 4. The Hall–Kier alpha value is -1.86. The first-order chi connectivity index (χ1) is 10.2. The lowest BCUT2D eigenvalue weighted by Crippen LogP contribution is -2.03. The molecule has 1 aromatic carbocycles. The molecule has 21 heavy (non-hydrogen) atoms. The first-order valence-corrected chi connectivity index (χ1v) is 7.29. The zero-order chi connectivity index (χ0) is 14.4. The van der Waals surface area contributed by atoms with Gasteiger partial charge in [-0.1, -0.05) is 27.5 Å². The summed E-state index contributed by atoms with van der Waals surface area (Å²) in [5.41, 5.74) is 1.71. The summed E-state index contributed by atoms with van der Waals surface area (Å²) in [7, 11) is 0. The minimum Gasteiger partial charge on any atom is -0.454 e. The van der Waals surface area contributed by atoms with Gasteiger partial charge in [0, 0.05) is 4.47 Å². The molecule has 1 aliphatic rings. The van der Waals surface area contributed by atoms with Gasteiger partial charge in [-0.05, 0) is 17.7 Å². The largest absolute Gasteiger partial charge is 0.454 e. The smallest absolute Gasteiger partial charge is 0.231 e. The van der Waals surface area contributed by atoms with Crippen molar-refractivity contribution in [3.63, 3.8) is 0 Å². The van der Waals surface area contributed by atoms with E-state index in [1.807, 2.05) is 12.1 Å². The van der Waals surface area contributed by atoms with Crippen molar-refractivity contribution in [3.8, 4) is 11.5 Å². The van der Waals surface area contributed by atoms with Gasteiger partial charge in [-0.2, -0.15) is 5.10 Å². The minimum atomic E-state index is 0.249. The number of fused-ring (bicyclic) bond motifs is 2. The van der Waals surface area contributed by atoms with Crippen LogP contribution < -0.4 is 9.47 Å². The molecule has 106 valence electrons. The molecule has 0 bridgehead atoms. The van der Waals surface area contributed by atoms with Gasteiger partial charge in [-0.25, -0.2) is 14.6 Å². The quantitative estimate of drug-likeness (QED) is 0.652. The van der Waals surface area contributed by atoms with Crippen LogP contribution in [0, 0.1) is 0 Å². The standard InChI is InChI=1S/C13H8BrClN4O2/c14-9-2-11-10(20-6-21-11)1-7(9)4-19-13-8(3-18-19)12(15)16-5-17-13/h1-3,5H,4,6H2. The molecule has 0 radical (unpaired) electrons. The van der Waals surface area contributed by atoms with Crippen LogP contribution in [0.15, 0.2) is 29.1 Å². The molecule has 0 fully saturated rings. The van der Waals surface area contributed by atoms with Crippen LogP contribution >= 0.6 is 27.5 Å². The lowest BCUT2D eigenvalue weighted by atomic mass is 10.2. The van der Waals surface area contributed by atoms with Crippen LogP contribution in [0.3, 0.4) is 0 Å². The van der Waals surface area contributed by atoms with E-state index in [2.05, 4.69) is 31.0 Å². The molecular weight excluding hydrogens is 360 g/mol. The van der Waals surface area contributed by atoms with Crippen molar-refractivity contribution >= 4 is 38.6 Å². The van der Waals surface area contributed by atoms with Crippen molar-refractivity contribution in [2.45, 2.75) is 6.54 Å². The van der Waals surface area contributed by atoms with Crippen molar-refractivity contribution in [1.29, 1.82) is 0 Å². The highest BCUT2D eigenvalue weighted by atomic mass is 79.9. The second-order valence-electron chi connectivity index (χ2n) is 4.50. The maximum absolute atomic E-state index is 6.03. The van der Waals surface area contributed by atoms with Crippen LogP contribution in [-0.4, -0.2) is 26.5 Å². The maximum atomic E-state index is 6.03. The van der Waals surface area contributed by atoms with E-state index < -0.39 is 0 Å². The summed E-state index contributed by atoms with van der Waals surface area (Å²) in [6.45, 7) is 0.785. The van der Waals surface area contributed by atoms with Gasteiger partial charge < -0.3 is 9.47 Å². The van der Waals surface area contributed by atoms with Crippen molar-refractivity contribution in [1.82, 2.24) is 19.7 Å². The molecule has 0 spiro atoms. The number of benzene rings is 1. The second kappa shape index (κ2) is 4.85. The Morgan fingerprint density at radius 1 is 1.24 bits per heavy atom. The molecule has 6 nitrogen and oxygen atoms in total. The number of hydrogen-bond acceptors (Lipinski definition) is 5. The van der Waals surface area contributed by atoms with Crippen molar-refractivity contribution in [2.24, 2.45) is 0 Å². The zero-order valence-corrected chi connectivity index (χ0v) is 12.9. The molecule has 0 aliphatic carbocycles. The van der Waals surface area contributed by atoms with Crippen molar-refractivity contribution in [3.05, 3.63) is 39.8 Å². The molecule has 2 aromatic heterocycles. The van der Waals surface area contributed by atoms with E-state index in [1.165, 1.54) is 6.33 Å². The molecule has 3 aromatic rings. The highest BCUT2D eigenvalue weighted by Gasteiger charge is 2.17. The molecule has 0 unspecified atom stereocenters. The lowest BCUT2D eigenvalue weighted by molar-refractivity contribution is 0.174. The summed E-state index contributed by atoms with van der Waals surface area (Å²) in [6.07, 6.45) is 3.09. The monoisotopic (exact) mass is 366 g/mol. The van der Waals surface area contributed by atoms with Crippen LogP contribution in [0.25, 0.3) is 11.0 Å². The third-order valence-electron chi connectivity index (χ3n) is 3.25. The lowest BCUT2D eigenvalue weighted by Gasteiger charge is -2.07. The van der Waals surface area contributed by atoms with E-state index >= 15 is 0 Å². The summed E-state index contributed by atoms with van der Waals surface area (Å²) in [4.78, 5) is 8.18. The Kier molecular flexibility index (Phi) is 2.97. The summed E-state index contributed by atoms with van der Waals surface area (Å²) >= 11 is 9.57. The average Bonchev–Trinajstić information content (AvgIpc) is 3.07. The summed E-state index contributed by atoms with van der Waals surface area (Å²) in [5.74, 6) is 1.47. The third kappa shape index (κ3) is 2.13. The van der Waals surface area contributed by atoms with E-state index in [9.17, 15) is 0 Å². The highest BCUT2D eigenvalue weighted by molar-refractivity contribution is 9.10. The van der Waals surface area contributed by atoms with E-state index in [1.54, 1.807) is 10.9 Å². The fourth-order valence-electron chi connectivity index (χ4n) is 2.22. The molecule has 0 saturated carbocycles. The topological polar surface area (TPSA) is 62.1 Å². The van der Waals surface area contributed by atoms with Crippen molar-refractivity contribution < 1.29 is 9.47 Å². The predicted octanol–water partition coefficient (Wildman–Crippen LogP) is 3.02. The van der Waals surface area contributed by atoms with Gasteiger partial charge in [0.1, 0.15) is 11.5 Å². The van der Waals surface area contributed by atoms with E-state index in [0.717, 1.165) is 26.9 Å². The van der Waals surface area contributed by atoms with Crippen LogP contribution in [0.2, 0.25) is 5.15 Å². The molecule has 0 saturated heterocycles. The van der Waals surface area contributed by atoms with E-state index in [4.69, 9.17) is 21.1 Å². The Bertz CT molecular complexity index is 852. The molecule has 0 atom stereocenters. The predicted molar refractivity (Wildman–Crippen MR) is 79.7 cm³/mol. The van der Waals surface area contributed by atoms with Crippen LogP contribution in [0.5, 0.6) is 11.5 Å². The normalized spacial score (nSPS) is 13.0. The van der Waals surface area contributed by atoms with Crippen molar-refractivity contribution in [2.75, 3.05) is 6.79 Å². The first-order valence-electron chi connectivity index (χ1n) is 6.12. The number of halogens is 2. The van der Waals surface area contributed by atoms with Gasteiger partial charge in [0.2, 0.25) is 6.79 Å². The van der Waals surface area contributed by atoms with Gasteiger partial charge in [0.15, 0.2) is 17.1 Å². The Morgan fingerprint density at radius 3 is 2.90 bits per heavy atom.